The van der Waals surface area contributed by atoms with E-state index < -0.39 is 47.9 Å². The minimum absolute atomic E-state index is 0.0845. The van der Waals surface area contributed by atoms with Gasteiger partial charge in [-0.3, -0.25) is 19.4 Å². The molecule has 0 aromatic heterocycles. The summed E-state index contributed by atoms with van der Waals surface area (Å²) in [5, 5.41) is 17.2. The number of amides is 3. The van der Waals surface area contributed by atoms with Crippen LogP contribution in [0, 0.1) is 5.92 Å². The zero-order chi connectivity index (χ0) is 25.6. The molecule has 0 aromatic carbocycles. The number of carboxylic acid groups (broad SMARTS) is 1. The van der Waals surface area contributed by atoms with Crippen molar-refractivity contribution in [1.29, 1.82) is 0 Å². The number of rotatable bonds is 16. The Hall–Kier alpha value is -2.54. The minimum atomic E-state index is -1.14. The number of nitrogens with one attached hydrogen (secondary N) is 3. The van der Waals surface area contributed by atoms with Gasteiger partial charge in [-0.25, -0.2) is 4.79 Å². The van der Waals surface area contributed by atoms with Crippen molar-refractivity contribution < 1.29 is 24.3 Å². The van der Waals surface area contributed by atoms with E-state index >= 15 is 0 Å². The fourth-order valence-electron chi connectivity index (χ4n) is 2.79. The third-order valence-electron chi connectivity index (χ3n) is 5.01. The highest BCUT2D eigenvalue weighted by molar-refractivity contribution is 7.98. The molecule has 0 heterocycles. The summed E-state index contributed by atoms with van der Waals surface area (Å²) in [6, 6.07) is -3.85. The number of nitrogens with two attached hydrogens (primary N) is 3. The highest BCUT2D eigenvalue weighted by Crippen LogP contribution is 2.10. The Kier molecular flexibility index (Phi) is 14.9. The van der Waals surface area contributed by atoms with E-state index in [1.54, 1.807) is 6.92 Å². The number of nitrogens with zero attached hydrogens (tertiary/aromatic N) is 1. The molecule has 5 unspecified atom stereocenters. The fourth-order valence-corrected chi connectivity index (χ4v) is 3.26. The largest absolute Gasteiger partial charge is 0.480 e. The van der Waals surface area contributed by atoms with Crippen LogP contribution in [-0.2, 0) is 19.2 Å². The molecule has 33 heavy (non-hydrogen) atoms. The van der Waals surface area contributed by atoms with E-state index in [1.165, 1.54) is 18.7 Å². The van der Waals surface area contributed by atoms with Gasteiger partial charge in [0.25, 0.3) is 0 Å². The van der Waals surface area contributed by atoms with E-state index in [0.717, 1.165) is 0 Å². The molecule has 0 aliphatic carbocycles. The number of hydrogen-bond acceptors (Lipinski definition) is 7. The Morgan fingerprint density at radius 1 is 0.970 bits per heavy atom. The summed E-state index contributed by atoms with van der Waals surface area (Å²) in [6.45, 7) is 5.30. The molecule has 13 heteroatoms. The smallest absolute Gasteiger partial charge is 0.326 e. The quantitative estimate of drug-likeness (QED) is 0.0779. The topological polar surface area (TPSA) is 215 Å². The number of guanidine groups is 1. The first-order valence-electron chi connectivity index (χ1n) is 10.9. The van der Waals surface area contributed by atoms with Gasteiger partial charge in [-0.1, -0.05) is 20.3 Å². The number of hydrogen-bond donors (Lipinski definition) is 7. The molecule has 10 N–H and O–H groups in total. The number of aliphatic carboxylic acids is 1. The molecule has 0 radical (unpaired) electrons. The molecule has 190 valence electrons. The van der Waals surface area contributed by atoms with Crippen molar-refractivity contribution in [3.05, 3.63) is 0 Å². The van der Waals surface area contributed by atoms with E-state index in [2.05, 4.69) is 20.9 Å². The molecule has 5 atom stereocenters. The summed E-state index contributed by atoms with van der Waals surface area (Å²) in [6.07, 6.45) is 3.30. The lowest BCUT2D eigenvalue weighted by Gasteiger charge is -2.26. The molecular formula is C20H39N7O5S. The predicted molar refractivity (Wildman–Crippen MR) is 129 cm³/mol. The highest BCUT2D eigenvalue weighted by atomic mass is 32.2. The zero-order valence-electron chi connectivity index (χ0n) is 19.8. The molecule has 0 bridgehead atoms. The van der Waals surface area contributed by atoms with E-state index in [4.69, 9.17) is 17.2 Å². The molecule has 0 aromatic rings. The standard InChI is InChI=1S/C20H39N7O5S/c1-5-11(2)15(19(31)32)27-18(30)14(8-10-33-4)26-17(29)13(25-16(28)12(3)21)7-6-9-24-20(22)23/h11-15H,5-10,21H2,1-4H3,(H,25,28)(H,26,29)(H,27,30)(H,31,32)(H4,22,23,24). The van der Waals surface area contributed by atoms with Crippen LogP contribution in [0.2, 0.25) is 0 Å². The van der Waals surface area contributed by atoms with Crippen molar-refractivity contribution in [3.8, 4) is 0 Å². The van der Waals surface area contributed by atoms with Gasteiger partial charge in [0.05, 0.1) is 6.04 Å². The van der Waals surface area contributed by atoms with Gasteiger partial charge >= 0.3 is 5.97 Å². The molecule has 0 fully saturated rings. The molecular weight excluding hydrogens is 450 g/mol. The van der Waals surface area contributed by atoms with Crippen molar-refractivity contribution in [2.45, 2.75) is 70.6 Å². The Bertz CT molecular complexity index is 686. The van der Waals surface area contributed by atoms with Crippen molar-refractivity contribution in [2.24, 2.45) is 28.1 Å². The maximum absolute atomic E-state index is 13.0. The van der Waals surface area contributed by atoms with Crippen LogP contribution in [0.5, 0.6) is 0 Å². The number of carbonyl (C=O) groups is 4. The third kappa shape index (κ3) is 12.3. The summed E-state index contributed by atoms with van der Waals surface area (Å²) < 4.78 is 0. The first kappa shape index (κ1) is 30.5. The van der Waals surface area contributed by atoms with Crippen LogP contribution in [0.3, 0.4) is 0 Å². The zero-order valence-corrected chi connectivity index (χ0v) is 20.6. The molecule has 0 aliphatic rings. The summed E-state index contributed by atoms with van der Waals surface area (Å²) in [5.74, 6) is -2.66. The Morgan fingerprint density at radius 2 is 1.52 bits per heavy atom. The molecule has 0 saturated carbocycles. The molecule has 3 amide bonds. The molecule has 0 rings (SSSR count). The van der Waals surface area contributed by atoms with Crippen molar-refractivity contribution in [3.63, 3.8) is 0 Å². The lowest BCUT2D eigenvalue weighted by molar-refractivity contribution is -0.143. The highest BCUT2D eigenvalue weighted by Gasteiger charge is 2.31. The maximum atomic E-state index is 13.0. The first-order chi connectivity index (χ1) is 15.4. The normalized spacial score (nSPS) is 15.3. The van der Waals surface area contributed by atoms with E-state index in [0.29, 0.717) is 18.6 Å². The second-order valence-corrected chi connectivity index (χ2v) is 8.84. The second-order valence-electron chi connectivity index (χ2n) is 7.85. The molecule has 0 saturated heterocycles. The number of aliphatic imine (C=N–C) groups is 1. The van der Waals surface area contributed by atoms with Crippen LogP contribution in [0.1, 0.15) is 46.5 Å². The average Bonchev–Trinajstić information content (AvgIpc) is 2.75. The van der Waals surface area contributed by atoms with Gasteiger partial charge < -0.3 is 38.3 Å². The second kappa shape index (κ2) is 16.1. The van der Waals surface area contributed by atoms with Gasteiger partial charge in [0, 0.05) is 6.54 Å². The van der Waals surface area contributed by atoms with Crippen molar-refractivity contribution in [1.82, 2.24) is 16.0 Å². The van der Waals surface area contributed by atoms with Crippen LogP contribution in [0.15, 0.2) is 4.99 Å². The van der Waals surface area contributed by atoms with E-state index in [1.807, 2.05) is 13.2 Å². The summed E-state index contributed by atoms with van der Waals surface area (Å²) in [5.41, 5.74) is 16.2. The van der Waals surface area contributed by atoms with Crippen molar-refractivity contribution >= 4 is 41.4 Å². The van der Waals surface area contributed by atoms with Gasteiger partial charge in [0.1, 0.15) is 18.1 Å². The van der Waals surface area contributed by atoms with E-state index in [9.17, 15) is 24.3 Å². The SMILES string of the molecule is CCC(C)C(NC(=O)C(CCSC)NC(=O)C(CCCN=C(N)N)NC(=O)C(C)N)C(=O)O. The lowest BCUT2D eigenvalue weighted by atomic mass is 9.98. The summed E-state index contributed by atoms with van der Waals surface area (Å²) in [7, 11) is 0. The monoisotopic (exact) mass is 489 g/mol. The number of carboxylic acids is 1. The Labute approximate surface area is 199 Å². The summed E-state index contributed by atoms with van der Waals surface area (Å²) in [4.78, 5) is 53.3. The number of thioether (sulfide) groups is 1. The Balaban J connectivity index is 5.47. The minimum Gasteiger partial charge on any atom is -0.480 e. The van der Waals surface area contributed by atoms with Crippen molar-refractivity contribution in [2.75, 3.05) is 18.6 Å². The predicted octanol–water partition coefficient (Wildman–Crippen LogP) is -1.27. The van der Waals surface area contributed by atoms with Crippen LogP contribution in [0.25, 0.3) is 0 Å². The van der Waals surface area contributed by atoms with Gasteiger partial charge in [0.2, 0.25) is 17.7 Å². The maximum Gasteiger partial charge on any atom is 0.326 e. The van der Waals surface area contributed by atoms with Crippen LogP contribution in [-0.4, -0.2) is 77.5 Å². The molecule has 12 nitrogen and oxygen atoms in total. The van der Waals surface area contributed by atoms with Crippen LogP contribution < -0.4 is 33.2 Å². The van der Waals surface area contributed by atoms with Gasteiger partial charge in [0.15, 0.2) is 5.96 Å². The van der Waals surface area contributed by atoms with E-state index in [-0.39, 0.29) is 31.3 Å². The lowest BCUT2D eigenvalue weighted by Crippen LogP contribution is -2.57. The Morgan fingerprint density at radius 3 is 2.00 bits per heavy atom. The summed E-state index contributed by atoms with van der Waals surface area (Å²) >= 11 is 1.48. The van der Waals surface area contributed by atoms with Gasteiger partial charge in [-0.05, 0) is 44.1 Å². The van der Waals surface area contributed by atoms with Crippen LogP contribution in [0.4, 0.5) is 0 Å². The average molecular weight is 490 g/mol. The first-order valence-corrected chi connectivity index (χ1v) is 12.3. The molecule has 0 aliphatic heterocycles. The fraction of sp³-hybridized carbons (Fsp3) is 0.750. The third-order valence-corrected chi connectivity index (χ3v) is 5.66. The number of carbonyl (C=O) groups excluding carboxylic acids is 3. The molecule has 0 spiro atoms. The van der Waals surface area contributed by atoms with Gasteiger partial charge in [-0.15, -0.1) is 0 Å². The van der Waals surface area contributed by atoms with Gasteiger partial charge in [-0.2, -0.15) is 11.8 Å². The van der Waals surface area contributed by atoms with Crippen LogP contribution >= 0.6 is 11.8 Å².